The van der Waals surface area contributed by atoms with Crippen molar-refractivity contribution < 1.29 is 9.59 Å². The van der Waals surface area contributed by atoms with Crippen molar-refractivity contribution in [3.05, 3.63) is 82.6 Å². The Morgan fingerprint density at radius 2 is 1.52 bits per heavy atom. The molecule has 2 aliphatic carbocycles. The summed E-state index contributed by atoms with van der Waals surface area (Å²) in [5.74, 6) is -0.341. The van der Waals surface area contributed by atoms with Crippen LogP contribution in [0.15, 0.2) is 70.9 Å². The summed E-state index contributed by atoms with van der Waals surface area (Å²) >= 11 is 0. The summed E-state index contributed by atoms with van der Waals surface area (Å²) in [4.78, 5) is 30.8. The van der Waals surface area contributed by atoms with Crippen LogP contribution in [0.2, 0.25) is 0 Å². The van der Waals surface area contributed by atoms with Gasteiger partial charge in [0.25, 0.3) is 0 Å². The summed E-state index contributed by atoms with van der Waals surface area (Å²) in [6.45, 7) is 0. The van der Waals surface area contributed by atoms with Crippen molar-refractivity contribution in [2.75, 3.05) is 0 Å². The van der Waals surface area contributed by atoms with E-state index < -0.39 is 0 Å². The molecule has 122 valence electrons. The van der Waals surface area contributed by atoms with Crippen LogP contribution in [0.3, 0.4) is 0 Å². The van der Waals surface area contributed by atoms with Crippen LogP contribution < -0.4 is 0 Å². The molecule has 0 fully saturated rings. The predicted octanol–water partition coefficient (Wildman–Crippen LogP) is 4.09. The van der Waals surface area contributed by atoms with Crippen molar-refractivity contribution in [3.8, 4) is 0 Å². The molecule has 0 bridgehead atoms. The quantitative estimate of drug-likeness (QED) is 0.792. The number of hydrogen-bond acceptors (Lipinski definition) is 3. The third kappa shape index (κ3) is 2.02. The predicted molar refractivity (Wildman–Crippen MR) is 95.9 cm³/mol. The second kappa shape index (κ2) is 5.35. The number of fused-ring (bicyclic) bond motifs is 3. The normalized spacial score (nSPS) is 24.6. The van der Waals surface area contributed by atoms with Gasteiger partial charge < -0.3 is 0 Å². The fourth-order valence-electron chi connectivity index (χ4n) is 4.47. The summed E-state index contributed by atoms with van der Waals surface area (Å²) < 4.78 is 0. The fourth-order valence-corrected chi connectivity index (χ4v) is 4.47. The Labute approximate surface area is 146 Å². The number of rotatable bonds is 1. The van der Waals surface area contributed by atoms with E-state index >= 15 is 0 Å². The molecule has 0 N–H and O–H groups in total. The molecule has 2 atom stereocenters. The molecular formula is C22H17NO2. The molecule has 0 amide bonds. The minimum atomic E-state index is -0.374. The topological polar surface area (TPSA) is 46.5 Å². The molecular weight excluding hydrogens is 310 g/mol. The maximum absolute atomic E-state index is 13.2. The molecule has 2 unspecified atom stereocenters. The molecule has 2 aromatic carbocycles. The van der Waals surface area contributed by atoms with Gasteiger partial charge in [0.2, 0.25) is 0 Å². The first-order valence-electron chi connectivity index (χ1n) is 8.79. The zero-order valence-corrected chi connectivity index (χ0v) is 13.7. The van der Waals surface area contributed by atoms with Gasteiger partial charge in [0.05, 0.1) is 11.6 Å². The Morgan fingerprint density at radius 3 is 2.32 bits per heavy atom. The Balaban J connectivity index is 1.78. The highest BCUT2D eigenvalue weighted by Crippen LogP contribution is 2.48. The molecule has 3 nitrogen and oxygen atoms in total. The highest BCUT2D eigenvalue weighted by Gasteiger charge is 2.48. The number of allylic oxidation sites excluding steroid dienone is 2. The Kier molecular flexibility index (Phi) is 3.11. The number of aliphatic imine (C=N–C) groups is 1. The van der Waals surface area contributed by atoms with Crippen molar-refractivity contribution in [1.82, 2.24) is 0 Å². The standard InChI is InChI=1S/C22H17NO2/c24-17-12-6-11-16-19(17)18(13-7-2-1-3-8-13)20-21(23-16)14-9-4-5-10-15(14)22(20)25/h1-5,7-10,18,20H,6,11-12H2. The maximum atomic E-state index is 13.2. The van der Waals surface area contributed by atoms with E-state index in [1.54, 1.807) is 0 Å². The Bertz CT molecular complexity index is 969. The van der Waals surface area contributed by atoms with Crippen molar-refractivity contribution in [3.63, 3.8) is 0 Å². The number of carbonyl (C=O) groups excluding carboxylic acids is 2. The lowest BCUT2D eigenvalue weighted by Gasteiger charge is -2.33. The number of ketones is 2. The molecule has 0 spiro atoms. The number of hydrogen-bond donors (Lipinski definition) is 0. The number of nitrogens with zero attached hydrogens (tertiary/aromatic N) is 1. The minimum absolute atomic E-state index is 0.0909. The van der Waals surface area contributed by atoms with Gasteiger partial charge in [-0.15, -0.1) is 0 Å². The average Bonchev–Trinajstić information content (AvgIpc) is 2.94. The lowest BCUT2D eigenvalue weighted by molar-refractivity contribution is -0.116. The fraction of sp³-hybridized carbons (Fsp3) is 0.227. The summed E-state index contributed by atoms with van der Waals surface area (Å²) in [6, 6.07) is 17.7. The van der Waals surface area contributed by atoms with Gasteiger partial charge in [-0.25, -0.2) is 0 Å². The summed E-state index contributed by atoms with van der Waals surface area (Å²) in [7, 11) is 0. The van der Waals surface area contributed by atoms with Gasteiger partial charge in [-0.3, -0.25) is 14.6 Å². The van der Waals surface area contributed by atoms with Crippen LogP contribution in [-0.2, 0) is 4.79 Å². The lowest BCUT2D eigenvalue weighted by atomic mass is 9.71. The van der Waals surface area contributed by atoms with E-state index in [1.807, 2.05) is 54.6 Å². The highest BCUT2D eigenvalue weighted by molar-refractivity contribution is 6.30. The number of carbonyl (C=O) groups is 2. The number of Topliss-reactive ketones (excluding diaryl/α,β-unsaturated/α-hetero) is 2. The molecule has 2 aromatic rings. The van der Waals surface area contributed by atoms with Gasteiger partial charge in [0.15, 0.2) is 11.6 Å². The molecule has 0 saturated carbocycles. The van der Waals surface area contributed by atoms with Crippen LogP contribution in [0.5, 0.6) is 0 Å². The molecule has 1 heterocycles. The molecule has 5 rings (SSSR count). The Morgan fingerprint density at radius 1 is 0.800 bits per heavy atom. The van der Waals surface area contributed by atoms with E-state index in [0.717, 1.165) is 46.5 Å². The van der Waals surface area contributed by atoms with Crippen molar-refractivity contribution in [2.24, 2.45) is 10.9 Å². The van der Waals surface area contributed by atoms with Gasteiger partial charge in [-0.05, 0) is 18.4 Å². The third-order valence-electron chi connectivity index (χ3n) is 5.53. The van der Waals surface area contributed by atoms with Crippen molar-refractivity contribution in [1.29, 1.82) is 0 Å². The van der Waals surface area contributed by atoms with Gasteiger partial charge >= 0.3 is 0 Å². The van der Waals surface area contributed by atoms with Crippen molar-refractivity contribution in [2.45, 2.75) is 25.2 Å². The zero-order valence-electron chi connectivity index (χ0n) is 13.7. The van der Waals surface area contributed by atoms with Crippen LogP contribution in [0.25, 0.3) is 0 Å². The summed E-state index contributed by atoms with van der Waals surface area (Å²) in [5.41, 5.74) is 5.21. The molecule has 0 saturated heterocycles. The Hall–Kier alpha value is -2.81. The second-order valence-corrected chi connectivity index (χ2v) is 6.91. The molecule has 3 heteroatoms. The maximum Gasteiger partial charge on any atom is 0.173 e. The smallest absolute Gasteiger partial charge is 0.173 e. The SMILES string of the molecule is O=C1CCCC2=C1C(c1ccccc1)C1C(=O)c3ccccc3C1=N2. The van der Waals surface area contributed by atoms with Gasteiger partial charge in [-0.1, -0.05) is 54.6 Å². The van der Waals surface area contributed by atoms with Gasteiger partial charge in [-0.2, -0.15) is 0 Å². The van der Waals surface area contributed by atoms with Gasteiger partial charge in [0.1, 0.15) is 0 Å². The van der Waals surface area contributed by atoms with Gasteiger partial charge in [0, 0.05) is 34.7 Å². The molecule has 0 radical (unpaired) electrons. The molecule has 25 heavy (non-hydrogen) atoms. The second-order valence-electron chi connectivity index (χ2n) is 6.91. The van der Waals surface area contributed by atoms with Crippen molar-refractivity contribution >= 4 is 17.3 Å². The van der Waals surface area contributed by atoms with Crippen LogP contribution in [0.1, 0.15) is 46.7 Å². The molecule has 0 aromatic heterocycles. The highest BCUT2D eigenvalue weighted by atomic mass is 16.1. The third-order valence-corrected chi connectivity index (χ3v) is 5.53. The largest absolute Gasteiger partial charge is 0.294 e. The average molecular weight is 327 g/mol. The monoisotopic (exact) mass is 327 g/mol. The first-order chi connectivity index (χ1) is 12.3. The van der Waals surface area contributed by atoms with Crippen LogP contribution in [0.4, 0.5) is 0 Å². The van der Waals surface area contributed by atoms with E-state index in [4.69, 9.17) is 4.99 Å². The number of benzene rings is 2. The first-order valence-corrected chi connectivity index (χ1v) is 8.79. The summed E-state index contributed by atoms with van der Waals surface area (Å²) in [5, 5.41) is 0. The minimum Gasteiger partial charge on any atom is -0.294 e. The molecule has 3 aliphatic rings. The first kappa shape index (κ1) is 14.5. The van der Waals surface area contributed by atoms with E-state index in [2.05, 4.69) is 0 Å². The van der Waals surface area contributed by atoms with E-state index in [9.17, 15) is 9.59 Å². The van der Waals surface area contributed by atoms with Crippen LogP contribution in [0, 0.1) is 5.92 Å². The summed E-state index contributed by atoms with van der Waals surface area (Å²) in [6.07, 6.45) is 2.22. The van der Waals surface area contributed by atoms with Crippen LogP contribution >= 0.6 is 0 Å². The van der Waals surface area contributed by atoms with E-state index in [-0.39, 0.29) is 23.4 Å². The zero-order chi connectivity index (χ0) is 17.0. The van der Waals surface area contributed by atoms with E-state index in [1.165, 1.54) is 0 Å². The van der Waals surface area contributed by atoms with E-state index in [0.29, 0.717) is 6.42 Å². The van der Waals surface area contributed by atoms with Crippen LogP contribution in [-0.4, -0.2) is 17.3 Å². The lowest BCUT2D eigenvalue weighted by Crippen LogP contribution is -2.33. The molecule has 1 aliphatic heterocycles.